The second-order valence-electron chi connectivity index (χ2n) is 4.46. The maximum atomic E-state index is 11.7. The van der Waals surface area contributed by atoms with Crippen molar-refractivity contribution in [2.75, 3.05) is 26.4 Å². The summed E-state index contributed by atoms with van der Waals surface area (Å²) in [5.74, 6) is -0.821. The van der Waals surface area contributed by atoms with Crippen LogP contribution in [0.4, 0.5) is 4.79 Å². The fraction of sp³-hybridized carbons (Fsp3) is 0.818. The van der Waals surface area contributed by atoms with Crippen LogP contribution in [0.2, 0.25) is 0 Å². The van der Waals surface area contributed by atoms with Crippen molar-refractivity contribution in [2.45, 2.75) is 30.4 Å². The number of rotatable bonds is 7. The summed E-state index contributed by atoms with van der Waals surface area (Å²) < 4.78 is 0.261. The van der Waals surface area contributed by atoms with Crippen molar-refractivity contribution >= 4 is 23.8 Å². The van der Waals surface area contributed by atoms with Gasteiger partial charge in [-0.15, -0.1) is 0 Å². The summed E-state index contributed by atoms with van der Waals surface area (Å²) >= 11 is 1.80. The van der Waals surface area contributed by atoms with Crippen LogP contribution in [0, 0.1) is 0 Å². The van der Waals surface area contributed by atoms with Crippen molar-refractivity contribution in [3.8, 4) is 0 Å². The zero-order chi connectivity index (χ0) is 12.9. The topological polar surface area (TPSA) is 69.6 Å². The molecule has 0 saturated heterocycles. The largest absolute Gasteiger partial charge is 0.481 e. The molecule has 6 heteroatoms. The smallest absolute Gasteiger partial charge is 0.317 e. The van der Waals surface area contributed by atoms with E-state index in [-0.39, 0.29) is 17.2 Å². The third-order valence-electron chi connectivity index (χ3n) is 3.03. The highest BCUT2D eigenvalue weighted by molar-refractivity contribution is 8.00. The molecule has 1 aliphatic rings. The first-order chi connectivity index (χ1) is 7.99. The molecule has 2 amide bonds. The molecule has 5 nitrogen and oxygen atoms in total. The van der Waals surface area contributed by atoms with Crippen LogP contribution >= 0.6 is 11.8 Å². The molecule has 0 unspecified atom stereocenters. The lowest BCUT2D eigenvalue weighted by Gasteiger charge is -2.20. The van der Waals surface area contributed by atoms with Gasteiger partial charge in [0.25, 0.3) is 0 Å². The number of carboxylic acids is 1. The number of carboxylic acid groups (broad SMARTS) is 1. The van der Waals surface area contributed by atoms with Crippen LogP contribution in [-0.4, -0.2) is 53.1 Å². The fourth-order valence-electron chi connectivity index (χ4n) is 1.53. The molecule has 1 fully saturated rings. The van der Waals surface area contributed by atoms with Gasteiger partial charge in [0.1, 0.15) is 0 Å². The number of amides is 2. The highest BCUT2D eigenvalue weighted by Crippen LogP contribution is 2.46. The first-order valence-corrected chi connectivity index (χ1v) is 6.97. The minimum atomic E-state index is -0.821. The van der Waals surface area contributed by atoms with E-state index in [4.69, 9.17) is 5.11 Å². The Balaban J connectivity index is 2.16. The summed E-state index contributed by atoms with van der Waals surface area (Å²) in [6, 6.07) is -0.115. The Kier molecular flexibility index (Phi) is 5.11. The van der Waals surface area contributed by atoms with Crippen LogP contribution in [0.1, 0.15) is 25.7 Å². The molecule has 0 heterocycles. The molecule has 2 N–H and O–H groups in total. The SMILES string of the molecule is CSC1(CNC(=O)N(C)CCCC(=O)O)CC1. The average molecular weight is 260 g/mol. The Labute approximate surface area is 106 Å². The molecule has 1 saturated carbocycles. The molecule has 0 atom stereocenters. The molecule has 17 heavy (non-hydrogen) atoms. The van der Waals surface area contributed by atoms with E-state index in [1.807, 2.05) is 0 Å². The van der Waals surface area contributed by atoms with Crippen molar-refractivity contribution in [3.63, 3.8) is 0 Å². The standard InChI is InChI=1S/C11H20N2O3S/c1-13(7-3-4-9(14)15)10(16)12-8-11(17-2)5-6-11/h3-8H2,1-2H3,(H,12,16)(H,14,15). The third kappa shape index (κ3) is 4.85. The number of thioether (sulfide) groups is 1. The molecule has 0 radical (unpaired) electrons. The van der Waals surface area contributed by atoms with E-state index in [9.17, 15) is 9.59 Å². The van der Waals surface area contributed by atoms with Crippen molar-refractivity contribution in [3.05, 3.63) is 0 Å². The second-order valence-corrected chi connectivity index (χ2v) is 5.74. The zero-order valence-electron chi connectivity index (χ0n) is 10.4. The van der Waals surface area contributed by atoms with Gasteiger partial charge in [-0.05, 0) is 25.5 Å². The van der Waals surface area contributed by atoms with Crippen LogP contribution in [0.25, 0.3) is 0 Å². The Hall–Kier alpha value is -0.910. The number of hydrogen-bond donors (Lipinski definition) is 2. The van der Waals surface area contributed by atoms with Gasteiger partial charge in [0.2, 0.25) is 0 Å². The second kappa shape index (κ2) is 6.14. The van der Waals surface area contributed by atoms with Crippen LogP contribution < -0.4 is 5.32 Å². The number of carbonyl (C=O) groups is 2. The van der Waals surface area contributed by atoms with Crippen molar-refractivity contribution in [2.24, 2.45) is 0 Å². The zero-order valence-corrected chi connectivity index (χ0v) is 11.2. The number of aliphatic carboxylic acids is 1. The molecule has 0 aromatic rings. The molecule has 0 spiro atoms. The number of nitrogens with one attached hydrogen (secondary N) is 1. The van der Waals surface area contributed by atoms with Crippen LogP contribution in [0.15, 0.2) is 0 Å². The lowest BCUT2D eigenvalue weighted by atomic mass is 10.3. The molecule has 0 aliphatic heterocycles. The number of nitrogens with zero attached hydrogens (tertiary/aromatic N) is 1. The molecular formula is C11H20N2O3S. The first kappa shape index (κ1) is 14.2. The van der Waals surface area contributed by atoms with Gasteiger partial charge in [-0.3, -0.25) is 4.79 Å². The minimum Gasteiger partial charge on any atom is -0.481 e. The molecule has 1 aliphatic carbocycles. The molecular weight excluding hydrogens is 240 g/mol. The van der Waals surface area contributed by atoms with Crippen molar-refractivity contribution < 1.29 is 14.7 Å². The van der Waals surface area contributed by atoms with E-state index >= 15 is 0 Å². The average Bonchev–Trinajstić information content (AvgIpc) is 3.06. The predicted octanol–water partition coefficient (Wildman–Crippen LogP) is 1.39. The molecule has 0 aromatic carbocycles. The maximum Gasteiger partial charge on any atom is 0.317 e. The Morgan fingerprint density at radius 3 is 2.59 bits per heavy atom. The van der Waals surface area contributed by atoms with Gasteiger partial charge in [0.15, 0.2) is 0 Å². The van der Waals surface area contributed by atoms with Gasteiger partial charge < -0.3 is 15.3 Å². The fourth-order valence-corrected chi connectivity index (χ4v) is 2.26. The van der Waals surface area contributed by atoms with Gasteiger partial charge in [-0.25, -0.2) is 4.79 Å². The monoisotopic (exact) mass is 260 g/mol. The summed E-state index contributed by atoms with van der Waals surface area (Å²) in [6.07, 6.45) is 4.99. The summed E-state index contributed by atoms with van der Waals surface area (Å²) in [5, 5.41) is 11.4. The normalized spacial score (nSPS) is 16.4. The highest BCUT2D eigenvalue weighted by atomic mass is 32.2. The van der Waals surface area contributed by atoms with E-state index < -0.39 is 5.97 Å². The van der Waals surface area contributed by atoms with Crippen molar-refractivity contribution in [1.82, 2.24) is 10.2 Å². The number of carbonyl (C=O) groups excluding carboxylic acids is 1. The molecule has 98 valence electrons. The molecule has 0 bridgehead atoms. The van der Waals surface area contributed by atoms with Crippen LogP contribution in [0.3, 0.4) is 0 Å². The van der Waals surface area contributed by atoms with Crippen molar-refractivity contribution in [1.29, 1.82) is 0 Å². The number of hydrogen-bond acceptors (Lipinski definition) is 3. The Bertz CT molecular complexity index is 292. The summed E-state index contributed by atoms with van der Waals surface area (Å²) in [5.41, 5.74) is 0. The van der Waals surface area contributed by atoms with Gasteiger partial charge in [-0.1, -0.05) is 0 Å². The van der Waals surface area contributed by atoms with E-state index in [0.29, 0.717) is 19.5 Å². The Morgan fingerprint density at radius 1 is 1.47 bits per heavy atom. The summed E-state index contributed by atoms with van der Waals surface area (Å²) in [7, 11) is 1.69. The van der Waals surface area contributed by atoms with Gasteiger partial charge in [-0.2, -0.15) is 11.8 Å². The molecule has 0 aromatic heterocycles. The van der Waals surface area contributed by atoms with E-state index in [0.717, 1.165) is 12.8 Å². The van der Waals surface area contributed by atoms with Gasteiger partial charge in [0, 0.05) is 31.3 Å². The van der Waals surface area contributed by atoms with E-state index in [2.05, 4.69) is 11.6 Å². The quantitative estimate of drug-likeness (QED) is 0.725. The lowest BCUT2D eigenvalue weighted by Crippen LogP contribution is -2.41. The lowest BCUT2D eigenvalue weighted by molar-refractivity contribution is -0.137. The molecule has 1 rings (SSSR count). The highest BCUT2D eigenvalue weighted by Gasteiger charge is 2.42. The van der Waals surface area contributed by atoms with Gasteiger partial charge >= 0.3 is 12.0 Å². The minimum absolute atomic E-state index is 0.104. The van der Waals surface area contributed by atoms with Crippen LogP contribution in [0.5, 0.6) is 0 Å². The Morgan fingerprint density at radius 2 is 2.12 bits per heavy atom. The predicted molar refractivity (Wildman–Crippen MR) is 68.4 cm³/mol. The first-order valence-electron chi connectivity index (χ1n) is 5.75. The van der Waals surface area contributed by atoms with Gasteiger partial charge in [0.05, 0.1) is 0 Å². The van der Waals surface area contributed by atoms with E-state index in [1.54, 1.807) is 23.7 Å². The third-order valence-corrected chi connectivity index (χ3v) is 4.45. The van der Waals surface area contributed by atoms with Crippen LogP contribution in [-0.2, 0) is 4.79 Å². The van der Waals surface area contributed by atoms with E-state index in [1.165, 1.54) is 0 Å². The maximum absolute atomic E-state index is 11.7. The summed E-state index contributed by atoms with van der Waals surface area (Å²) in [4.78, 5) is 23.5. The number of urea groups is 1. The summed E-state index contributed by atoms with van der Waals surface area (Å²) in [6.45, 7) is 1.18.